The number of hydrogen-bond acceptors (Lipinski definition) is 5. The van der Waals surface area contributed by atoms with Gasteiger partial charge in [-0.3, -0.25) is 9.59 Å². The Morgan fingerprint density at radius 1 is 1.23 bits per heavy atom. The first kappa shape index (κ1) is 15.9. The summed E-state index contributed by atoms with van der Waals surface area (Å²) in [7, 11) is 1.69. The van der Waals surface area contributed by atoms with Crippen LogP contribution in [-0.2, 0) is 11.8 Å². The predicted octanol–water partition coefficient (Wildman–Crippen LogP) is 1.69. The smallest absolute Gasteiger partial charge is 0.252 e. The predicted molar refractivity (Wildman–Crippen MR) is 94.1 cm³/mol. The van der Waals surface area contributed by atoms with E-state index in [1.807, 2.05) is 30.3 Å². The topological polar surface area (TPSA) is 102 Å². The zero-order valence-corrected chi connectivity index (χ0v) is 14.0. The van der Waals surface area contributed by atoms with E-state index in [4.69, 9.17) is 0 Å². The van der Waals surface area contributed by atoms with Gasteiger partial charge >= 0.3 is 0 Å². The van der Waals surface area contributed by atoms with Gasteiger partial charge in [0.1, 0.15) is 0 Å². The van der Waals surface area contributed by atoms with Crippen LogP contribution in [-0.4, -0.2) is 32.0 Å². The van der Waals surface area contributed by atoms with E-state index < -0.39 is 0 Å². The maximum absolute atomic E-state index is 12.4. The number of hydrogen-bond donors (Lipinski definition) is 2. The fourth-order valence-corrected chi connectivity index (χ4v) is 3.02. The quantitative estimate of drug-likeness (QED) is 0.747. The minimum atomic E-state index is -0.316. The summed E-state index contributed by atoms with van der Waals surface area (Å²) in [5, 5.41) is 17.6. The minimum absolute atomic E-state index is 0.144. The molecule has 1 aliphatic heterocycles. The molecule has 0 saturated carbocycles. The highest BCUT2D eigenvalue weighted by Gasteiger charge is 2.29. The van der Waals surface area contributed by atoms with Gasteiger partial charge in [-0.25, -0.2) is 0 Å². The first-order valence-electron chi connectivity index (χ1n) is 8.14. The second-order valence-corrected chi connectivity index (χ2v) is 6.05. The van der Waals surface area contributed by atoms with E-state index in [0.717, 1.165) is 11.1 Å². The molecule has 4 rings (SSSR count). The molecule has 0 fully saturated rings. The maximum Gasteiger partial charge on any atom is 0.252 e. The van der Waals surface area contributed by atoms with Gasteiger partial charge in [0.15, 0.2) is 0 Å². The third-order valence-electron chi connectivity index (χ3n) is 4.19. The van der Waals surface area contributed by atoms with Crippen molar-refractivity contribution in [2.24, 2.45) is 7.05 Å². The number of rotatable bonds is 4. The third-order valence-corrected chi connectivity index (χ3v) is 4.19. The molecular formula is C18H16N6O2. The van der Waals surface area contributed by atoms with Gasteiger partial charge in [-0.15, -0.1) is 10.2 Å². The van der Waals surface area contributed by atoms with Crippen molar-refractivity contribution in [3.8, 4) is 11.4 Å². The summed E-state index contributed by atoms with van der Waals surface area (Å²) in [4.78, 5) is 25.8. The van der Waals surface area contributed by atoms with Crippen molar-refractivity contribution < 1.29 is 9.59 Å². The molecule has 0 bridgehead atoms. The molecule has 0 radical (unpaired) electrons. The van der Waals surface area contributed by atoms with E-state index in [9.17, 15) is 9.59 Å². The van der Waals surface area contributed by atoms with Gasteiger partial charge in [0.25, 0.3) is 5.91 Å². The summed E-state index contributed by atoms with van der Waals surface area (Å²) >= 11 is 0. The number of nitrogens with one attached hydrogen (secondary N) is 2. The monoisotopic (exact) mass is 348 g/mol. The number of aryl methyl sites for hydroxylation is 1. The maximum atomic E-state index is 12.4. The van der Waals surface area contributed by atoms with Crippen molar-refractivity contribution in [1.29, 1.82) is 0 Å². The average Bonchev–Trinajstić information content (AvgIpc) is 3.20. The molecule has 0 spiro atoms. The van der Waals surface area contributed by atoms with Crippen molar-refractivity contribution in [3.63, 3.8) is 0 Å². The van der Waals surface area contributed by atoms with E-state index in [1.54, 1.807) is 25.2 Å². The van der Waals surface area contributed by atoms with Crippen LogP contribution in [0, 0.1) is 0 Å². The van der Waals surface area contributed by atoms with Gasteiger partial charge in [-0.2, -0.15) is 4.80 Å². The number of carbonyl (C=O) groups is 2. The molecule has 2 heterocycles. The number of fused-ring (bicyclic) bond motifs is 1. The number of aromatic nitrogens is 4. The van der Waals surface area contributed by atoms with E-state index >= 15 is 0 Å². The first-order chi connectivity index (χ1) is 12.6. The number of tetrazole rings is 1. The van der Waals surface area contributed by atoms with Crippen LogP contribution in [0.4, 0.5) is 5.69 Å². The number of carbonyl (C=O) groups excluding carboxylic acids is 2. The van der Waals surface area contributed by atoms with Crippen LogP contribution in [0.5, 0.6) is 0 Å². The van der Waals surface area contributed by atoms with Crippen molar-refractivity contribution in [3.05, 3.63) is 59.7 Å². The second-order valence-electron chi connectivity index (χ2n) is 6.05. The Kier molecular flexibility index (Phi) is 3.92. The Balaban J connectivity index is 1.47. The molecule has 26 heavy (non-hydrogen) atoms. The van der Waals surface area contributed by atoms with Crippen LogP contribution < -0.4 is 10.6 Å². The fourth-order valence-electron chi connectivity index (χ4n) is 3.02. The second kappa shape index (κ2) is 6.40. The van der Waals surface area contributed by atoms with Gasteiger partial charge in [0, 0.05) is 16.8 Å². The van der Waals surface area contributed by atoms with Crippen LogP contribution in [0.2, 0.25) is 0 Å². The SMILES string of the molecule is Cn1nnc(-c2cccc(NC(=O)C[C@H]3NC(=O)c4ccccc43)c2)n1. The third kappa shape index (κ3) is 3.04. The highest BCUT2D eigenvalue weighted by Crippen LogP contribution is 2.28. The van der Waals surface area contributed by atoms with E-state index in [-0.39, 0.29) is 24.3 Å². The molecule has 8 nitrogen and oxygen atoms in total. The lowest BCUT2D eigenvalue weighted by atomic mass is 10.0. The summed E-state index contributed by atoms with van der Waals surface area (Å²) in [6.45, 7) is 0. The summed E-state index contributed by atoms with van der Waals surface area (Å²) in [6.07, 6.45) is 0.163. The molecule has 3 aromatic rings. The Labute approximate surface area is 149 Å². The van der Waals surface area contributed by atoms with Gasteiger partial charge in [0.05, 0.1) is 19.5 Å². The lowest BCUT2D eigenvalue weighted by Crippen LogP contribution is -2.24. The van der Waals surface area contributed by atoms with Crippen LogP contribution >= 0.6 is 0 Å². The average molecular weight is 348 g/mol. The summed E-state index contributed by atoms with van der Waals surface area (Å²) in [6, 6.07) is 14.2. The Bertz CT molecular complexity index is 997. The molecule has 1 aliphatic rings. The van der Waals surface area contributed by atoms with Crippen LogP contribution in [0.15, 0.2) is 48.5 Å². The van der Waals surface area contributed by atoms with Crippen molar-refractivity contribution in [1.82, 2.24) is 25.5 Å². The molecule has 0 aliphatic carbocycles. The molecule has 1 aromatic heterocycles. The molecule has 130 valence electrons. The van der Waals surface area contributed by atoms with Crippen molar-refractivity contribution in [2.75, 3.05) is 5.32 Å². The highest BCUT2D eigenvalue weighted by atomic mass is 16.2. The molecule has 8 heteroatoms. The van der Waals surface area contributed by atoms with Gasteiger partial charge in [-0.1, -0.05) is 30.3 Å². The zero-order valence-electron chi connectivity index (χ0n) is 14.0. The number of benzene rings is 2. The van der Waals surface area contributed by atoms with Gasteiger partial charge < -0.3 is 10.6 Å². The standard InChI is InChI=1S/C18H16N6O2/c1-24-22-17(21-23-24)11-5-4-6-12(9-11)19-16(25)10-15-13-7-2-3-8-14(13)18(26)20-15/h2-9,15H,10H2,1H3,(H,19,25)(H,20,26)/t15-/m1/s1. The molecule has 2 amide bonds. The van der Waals surface area contributed by atoms with E-state index in [2.05, 4.69) is 26.0 Å². The minimum Gasteiger partial charge on any atom is -0.345 e. The van der Waals surface area contributed by atoms with Gasteiger partial charge in [0.2, 0.25) is 11.7 Å². The Morgan fingerprint density at radius 3 is 2.88 bits per heavy atom. The van der Waals surface area contributed by atoms with E-state index in [0.29, 0.717) is 17.1 Å². The van der Waals surface area contributed by atoms with E-state index in [1.165, 1.54) is 4.80 Å². The number of anilines is 1. The lowest BCUT2D eigenvalue weighted by molar-refractivity contribution is -0.116. The molecule has 1 atom stereocenters. The largest absolute Gasteiger partial charge is 0.345 e. The molecule has 2 N–H and O–H groups in total. The lowest BCUT2D eigenvalue weighted by Gasteiger charge is -2.12. The van der Waals surface area contributed by atoms with Gasteiger partial charge in [-0.05, 0) is 29.0 Å². The Hall–Kier alpha value is -3.55. The number of nitrogens with zero attached hydrogens (tertiary/aromatic N) is 4. The first-order valence-corrected chi connectivity index (χ1v) is 8.14. The van der Waals surface area contributed by atoms with Crippen LogP contribution in [0.1, 0.15) is 28.4 Å². The summed E-state index contributed by atoms with van der Waals surface area (Å²) in [5.41, 5.74) is 2.87. The van der Waals surface area contributed by atoms with Crippen molar-refractivity contribution >= 4 is 17.5 Å². The van der Waals surface area contributed by atoms with Crippen molar-refractivity contribution in [2.45, 2.75) is 12.5 Å². The van der Waals surface area contributed by atoms with Crippen LogP contribution in [0.25, 0.3) is 11.4 Å². The molecule has 2 aromatic carbocycles. The Morgan fingerprint density at radius 2 is 2.08 bits per heavy atom. The highest BCUT2D eigenvalue weighted by molar-refractivity contribution is 6.00. The number of amides is 2. The van der Waals surface area contributed by atoms with Crippen LogP contribution in [0.3, 0.4) is 0 Å². The fraction of sp³-hybridized carbons (Fsp3) is 0.167. The normalized spacial score (nSPS) is 15.4. The molecule has 0 saturated heterocycles. The molecule has 0 unspecified atom stereocenters. The molecular weight excluding hydrogens is 332 g/mol. The summed E-state index contributed by atoms with van der Waals surface area (Å²) < 4.78 is 0. The summed E-state index contributed by atoms with van der Waals surface area (Å²) in [5.74, 6) is 0.158. The zero-order chi connectivity index (χ0) is 18.1.